The summed E-state index contributed by atoms with van der Waals surface area (Å²) in [5, 5.41) is 11.0. The van der Waals surface area contributed by atoms with Crippen molar-refractivity contribution in [3.63, 3.8) is 0 Å². The summed E-state index contributed by atoms with van der Waals surface area (Å²) in [7, 11) is 0. The molecule has 0 fully saturated rings. The standard InChI is InChI=1S/C20H31N3O2S/c1-12(2)9-23(11-20(4,5)25)10-16-21-18(24)17-14-7-6-13(3)8-15(14)26-19(17)22-16/h12-13,25H,6-11H2,1-5H3,(H,21,22,24). The van der Waals surface area contributed by atoms with Crippen molar-refractivity contribution >= 4 is 21.6 Å². The number of nitrogens with zero attached hydrogens (tertiary/aromatic N) is 2. The van der Waals surface area contributed by atoms with E-state index in [-0.39, 0.29) is 5.56 Å². The van der Waals surface area contributed by atoms with Crippen LogP contribution in [0.1, 0.15) is 57.3 Å². The second-order valence-corrected chi connectivity index (χ2v) is 10.0. The number of thiophene rings is 1. The van der Waals surface area contributed by atoms with Crippen LogP contribution in [0, 0.1) is 11.8 Å². The first-order chi connectivity index (χ1) is 12.1. The number of hydrogen-bond acceptors (Lipinski definition) is 5. The van der Waals surface area contributed by atoms with E-state index in [0.717, 1.165) is 36.0 Å². The molecular formula is C20H31N3O2S. The lowest BCUT2D eigenvalue weighted by Crippen LogP contribution is -2.40. The van der Waals surface area contributed by atoms with Gasteiger partial charge >= 0.3 is 0 Å². The van der Waals surface area contributed by atoms with Crippen LogP contribution >= 0.6 is 11.3 Å². The molecule has 1 unspecified atom stereocenters. The van der Waals surface area contributed by atoms with Gasteiger partial charge in [-0.25, -0.2) is 4.98 Å². The first-order valence-corrected chi connectivity index (χ1v) is 10.4. The fourth-order valence-electron chi connectivity index (χ4n) is 3.93. The minimum Gasteiger partial charge on any atom is -0.389 e. The molecule has 0 amide bonds. The Morgan fingerprint density at radius 3 is 2.81 bits per heavy atom. The highest BCUT2D eigenvalue weighted by Crippen LogP contribution is 2.35. The number of nitrogens with one attached hydrogen (secondary N) is 1. The topological polar surface area (TPSA) is 69.2 Å². The Balaban J connectivity index is 1.91. The van der Waals surface area contributed by atoms with Crippen molar-refractivity contribution in [1.29, 1.82) is 0 Å². The molecule has 2 aromatic rings. The van der Waals surface area contributed by atoms with E-state index in [9.17, 15) is 9.90 Å². The van der Waals surface area contributed by atoms with Crippen molar-refractivity contribution in [2.24, 2.45) is 11.8 Å². The van der Waals surface area contributed by atoms with E-state index in [2.05, 4.69) is 30.7 Å². The monoisotopic (exact) mass is 377 g/mol. The summed E-state index contributed by atoms with van der Waals surface area (Å²) in [6.45, 7) is 12.2. The Morgan fingerprint density at radius 2 is 2.15 bits per heavy atom. The Morgan fingerprint density at radius 1 is 1.42 bits per heavy atom. The van der Waals surface area contributed by atoms with Gasteiger partial charge in [0.15, 0.2) is 0 Å². The third-order valence-electron chi connectivity index (χ3n) is 4.82. The fraction of sp³-hybridized carbons (Fsp3) is 0.700. The molecule has 3 rings (SSSR count). The predicted molar refractivity (Wildman–Crippen MR) is 108 cm³/mol. The van der Waals surface area contributed by atoms with Crippen LogP contribution in [0.2, 0.25) is 0 Å². The molecule has 0 saturated heterocycles. The van der Waals surface area contributed by atoms with Crippen molar-refractivity contribution in [1.82, 2.24) is 14.9 Å². The van der Waals surface area contributed by atoms with Crippen molar-refractivity contribution in [3.8, 4) is 0 Å². The van der Waals surface area contributed by atoms with E-state index in [1.54, 1.807) is 11.3 Å². The van der Waals surface area contributed by atoms with Crippen LogP contribution in [0.3, 0.4) is 0 Å². The minimum atomic E-state index is -0.780. The van der Waals surface area contributed by atoms with E-state index < -0.39 is 5.60 Å². The molecule has 26 heavy (non-hydrogen) atoms. The highest BCUT2D eigenvalue weighted by Gasteiger charge is 2.24. The largest absolute Gasteiger partial charge is 0.389 e. The van der Waals surface area contributed by atoms with E-state index >= 15 is 0 Å². The average molecular weight is 378 g/mol. The number of aryl methyl sites for hydroxylation is 1. The molecule has 2 aromatic heterocycles. The zero-order valence-electron chi connectivity index (χ0n) is 16.6. The third-order valence-corrected chi connectivity index (χ3v) is 5.97. The maximum Gasteiger partial charge on any atom is 0.259 e. The Labute approximate surface area is 159 Å². The van der Waals surface area contributed by atoms with Gasteiger partial charge in [-0.2, -0.15) is 0 Å². The maximum absolute atomic E-state index is 12.7. The summed E-state index contributed by atoms with van der Waals surface area (Å²) < 4.78 is 0. The molecule has 0 bridgehead atoms. The van der Waals surface area contributed by atoms with Crippen LogP contribution in [0.5, 0.6) is 0 Å². The summed E-state index contributed by atoms with van der Waals surface area (Å²) in [6.07, 6.45) is 3.19. The van der Waals surface area contributed by atoms with Gasteiger partial charge in [0.05, 0.1) is 17.5 Å². The molecule has 0 radical (unpaired) electrons. The zero-order valence-corrected chi connectivity index (χ0v) is 17.4. The summed E-state index contributed by atoms with van der Waals surface area (Å²) >= 11 is 1.69. The molecule has 0 saturated carbocycles. The summed E-state index contributed by atoms with van der Waals surface area (Å²) in [5.41, 5.74) is 0.431. The highest BCUT2D eigenvalue weighted by molar-refractivity contribution is 7.18. The Kier molecular flexibility index (Phi) is 5.56. The van der Waals surface area contributed by atoms with Crippen LogP contribution in [0.25, 0.3) is 10.2 Å². The van der Waals surface area contributed by atoms with Gasteiger partial charge in [0, 0.05) is 18.0 Å². The van der Waals surface area contributed by atoms with Crippen LogP contribution in [0.15, 0.2) is 4.79 Å². The molecule has 0 aromatic carbocycles. The maximum atomic E-state index is 12.7. The second-order valence-electron chi connectivity index (χ2n) is 8.92. The van der Waals surface area contributed by atoms with Gasteiger partial charge in [-0.3, -0.25) is 9.69 Å². The van der Waals surface area contributed by atoms with E-state index in [0.29, 0.717) is 30.7 Å². The zero-order chi connectivity index (χ0) is 19.1. The molecule has 2 N–H and O–H groups in total. The van der Waals surface area contributed by atoms with Crippen LogP contribution in [-0.2, 0) is 19.4 Å². The van der Waals surface area contributed by atoms with Gasteiger partial charge in [0.25, 0.3) is 5.56 Å². The molecule has 5 nitrogen and oxygen atoms in total. The number of aliphatic hydroxyl groups is 1. The number of aromatic amines is 1. The smallest absolute Gasteiger partial charge is 0.259 e. The molecule has 0 aliphatic heterocycles. The van der Waals surface area contributed by atoms with E-state index in [4.69, 9.17) is 4.98 Å². The van der Waals surface area contributed by atoms with Crippen LogP contribution < -0.4 is 5.56 Å². The van der Waals surface area contributed by atoms with Crippen molar-refractivity contribution < 1.29 is 5.11 Å². The lowest BCUT2D eigenvalue weighted by molar-refractivity contribution is 0.0289. The van der Waals surface area contributed by atoms with Crippen molar-refractivity contribution in [2.45, 2.75) is 66.0 Å². The van der Waals surface area contributed by atoms with Gasteiger partial charge in [-0.05, 0) is 50.5 Å². The third kappa shape index (κ3) is 4.53. The molecule has 0 spiro atoms. The molecular weight excluding hydrogens is 346 g/mol. The van der Waals surface area contributed by atoms with Gasteiger partial charge in [0.2, 0.25) is 0 Å². The Bertz CT molecular complexity index is 832. The molecule has 1 aliphatic carbocycles. The normalized spacial score (nSPS) is 18.1. The Hall–Kier alpha value is -1.24. The summed E-state index contributed by atoms with van der Waals surface area (Å²) in [6, 6.07) is 0. The number of H-pyrrole nitrogens is 1. The quantitative estimate of drug-likeness (QED) is 0.810. The lowest BCUT2D eigenvalue weighted by Gasteiger charge is -2.29. The predicted octanol–water partition coefficient (Wildman–Crippen LogP) is 3.34. The van der Waals surface area contributed by atoms with E-state index in [1.165, 1.54) is 10.4 Å². The van der Waals surface area contributed by atoms with Gasteiger partial charge < -0.3 is 10.1 Å². The van der Waals surface area contributed by atoms with Gasteiger partial charge in [-0.1, -0.05) is 20.8 Å². The van der Waals surface area contributed by atoms with Gasteiger partial charge in [-0.15, -0.1) is 11.3 Å². The van der Waals surface area contributed by atoms with Crippen molar-refractivity contribution in [2.75, 3.05) is 13.1 Å². The first kappa shape index (κ1) is 19.5. The van der Waals surface area contributed by atoms with Crippen LogP contribution in [-0.4, -0.2) is 38.7 Å². The van der Waals surface area contributed by atoms with E-state index in [1.807, 2.05) is 13.8 Å². The fourth-order valence-corrected chi connectivity index (χ4v) is 5.33. The average Bonchev–Trinajstić information content (AvgIpc) is 2.81. The summed E-state index contributed by atoms with van der Waals surface area (Å²) in [4.78, 5) is 24.9. The SMILES string of the molecule is CC(C)CN(Cc1nc2sc3c(c2c(=O)[nH]1)CCC(C)C3)CC(C)(C)O. The first-order valence-electron chi connectivity index (χ1n) is 9.60. The lowest BCUT2D eigenvalue weighted by atomic mass is 9.89. The highest BCUT2D eigenvalue weighted by atomic mass is 32.1. The number of rotatable bonds is 6. The number of hydrogen-bond donors (Lipinski definition) is 2. The second kappa shape index (κ2) is 7.41. The summed E-state index contributed by atoms with van der Waals surface area (Å²) in [5.74, 6) is 1.85. The molecule has 6 heteroatoms. The molecule has 1 aliphatic rings. The molecule has 144 valence electrons. The number of fused-ring (bicyclic) bond motifs is 3. The molecule has 1 atom stereocenters. The van der Waals surface area contributed by atoms with Crippen LogP contribution in [0.4, 0.5) is 0 Å². The van der Waals surface area contributed by atoms with Gasteiger partial charge in [0.1, 0.15) is 10.7 Å². The van der Waals surface area contributed by atoms with Crippen molar-refractivity contribution in [3.05, 3.63) is 26.6 Å². The minimum absolute atomic E-state index is 0.00944. The number of aromatic nitrogens is 2. The molecule has 2 heterocycles.